The van der Waals surface area contributed by atoms with Crippen LogP contribution < -0.4 is 0 Å². The fourth-order valence-electron chi connectivity index (χ4n) is 2.74. The summed E-state index contributed by atoms with van der Waals surface area (Å²) in [5.41, 5.74) is 0.110. The van der Waals surface area contributed by atoms with E-state index in [9.17, 15) is 5.26 Å². The molecule has 0 aromatic carbocycles. The van der Waals surface area contributed by atoms with Crippen molar-refractivity contribution in [3.05, 3.63) is 0 Å². The van der Waals surface area contributed by atoms with Crippen LogP contribution in [0.4, 0.5) is 0 Å². The smallest absolute Gasteiger partial charge is 0.0690 e. The molecule has 2 saturated carbocycles. The van der Waals surface area contributed by atoms with Gasteiger partial charge in [-0.25, -0.2) is 0 Å². The molecule has 0 amide bonds. The molecule has 0 aliphatic heterocycles. The van der Waals surface area contributed by atoms with Gasteiger partial charge in [-0.15, -0.1) is 0 Å². The summed E-state index contributed by atoms with van der Waals surface area (Å²) in [5.74, 6) is 4.34. The maximum absolute atomic E-state index is 9.25. The molecule has 0 radical (unpaired) electrons. The molecule has 1 nitrogen and oxygen atoms in total. The minimum absolute atomic E-state index is 0.110. The number of nitriles is 1. The van der Waals surface area contributed by atoms with Gasteiger partial charge in [0.2, 0.25) is 0 Å². The first-order valence-electron chi connectivity index (χ1n) is 6.27. The second-order valence-corrected chi connectivity index (χ2v) is 6.54. The minimum atomic E-state index is 0.110. The zero-order valence-electron chi connectivity index (χ0n) is 9.67. The summed E-state index contributed by atoms with van der Waals surface area (Å²) in [6.07, 6.45) is 7.64. The van der Waals surface area contributed by atoms with E-state index in [1.807, 2.05) is 0 Å². The molecule has 15 heavy (non-hydrogen) atoms. The van der Waals surface area contributed by atoms with Crippen molar-refractivity contribution in [1.82, 2.24) is 0 Å². The Labute approximate surface area is 97.6 Å². The van der Waals surface area contributed by atoms with Gasteiger partial charge in [0.05, 0.1) is 11.5 Å². The molecule has 2 aliphatic rings. The van der Waals surface area contributed by atoms with Crippen LogP contribution in [0.3, 0.4) is 0 Å². The first-order chi connectivity index (χ1) is 7.28. The second kappa shape index (κ2) is 4.78. The van der Waals surface area contributed by atoms with Gasteiger partial charge in [-0.1, -0.05) is 19.8 Å². The van der Waals surface area contributed by atoms with Crippen molar-refractivity contribution in [2.45, 2.75) is 45.4 Å². The van der Waals surface area contributed by atoms with Gasteiger partial charge in [0.25, 0.3) is 0 Å². The van der Waals surface area contributed by atoms with E-state index in [4.69, 9.17) is 0 Å². The first-order valence-corrected chi connectivity index (χ1v) is 7.42. The molecule has 2 rings (SSSR count). The maximum atomic E-state index is 9.25. The van der Waals surface area contributed by atoms with Crippen molar-refractivity contribution >= 4 is 11.8 Å². The van der Waals surface area contributed by atoms with Crippen LogP contribution in [0, 0.1) is 28.6 Å². The van der Waals surface area contributed by atoms with Gasteiger partial charge in [-0.3, -0.25) is 0 Å². The molecule has 84 valence electrons. The van der Waals surface area contributed by atoms with Gasteiger partial charge < -0.3 is 0 Å². The van der Waals surface area contributed by atoms with Crippen LogP contribution in [0.2, 0.25) is 0 Å². The van der Waals surface area contributed by atoms with Gasteiger partial charge in [0, 0.05) is 0 Å². The van der Waals surface area contributed by atoms with E-state index in [-0.39, 0.29) is 5.41 Å². The average molecular weight is 223 g/mol. The summed E-state index contributed by atoms with van der Waals surface area (Å²) < 4.78 is 0. The standard InChI is InChI=1S/C13H21NS/c1-2-5-15-9-12-7-13(8-12,10-14)6-11-3-4-11/h11-12H,2-9H2,1H3. The number of thioether (sulfide) groups is 1. The number of hydrogen-bond donors (Lipinski definition) is 0. The third-order valence-electron chi connectivity index (χ3n) is 3.67. The Morgan fingerprint density at radius 2 is 2.07 bits per heavy atom. The quantitative estimate of drug-likeness (QED) is 0.639. The molecule has 0 bridgehead atoms. The molecular weight excluding hydrogens is 202 g/mol. The Morgan fingerprint density at radius 3 is 2.60 bits per heavy atom. The third kappa shape index (κ3) is 2.91. The van der Waals surface area contributed by atoms with Gasteiger partial charge in [-0.2, -0.15) is 17.0 Å². The first kappa shape index (κ1) is 11.3. The van der Waals surface area contributed by atoms with Crippen LogP contribution in [0.1, 0.15) is 45.4 Å². The summed E-state index contributed by atoms with van der Waals surface area (Å²) in [7, 11) is 0. The number of rotatable bonds is 6. The highest BCUT2D eigenvalue weighted by atomic mass is 32.2. The molecule has 2 aliphatic carbocycles. The summed E-state index contributed by atoms with van der Waals surface area (Å²) >= 11 is 2.07. The lowest BCUT2D eigenvalue weighted by Crippen LogP contribution is -2.37. The maximum Gasteiger partial charge on any atom is 0.0690 e. The van der Waals surface area contributed by atoms with Crippen molar-refractivity contribution in [2.24, 2.45) is 17.3 Å². The molecule has 0 atom stereocenters. The third-order valence-corrected chi connectivity index (χ3v) is 5.08. The van der Waals surface area contributed by atoms with Gasteiger partial charge in [0.1, 0.15) is 0 Å². The molecule has 0 aromatic heterocycles. The minimum Gasteiger partial charge on any atom is -0.198 e. The monoisotopic (exact) mass is 223 g/mol. The molecular formula is C13H21NS. The fourth-order valence-corrected chi connectivity index (χ4v) is 3.76. The van der Waals surface area contributed by atoms with Crippen LogP contribution in [-0.2, 0) is 0 Å². The van der Waals surface area contributed by atoms with Crippen molar-refractivity contribution in [1.29, 1.82) is 5.26 Å². The molecule has 0 saturated heterocycles. The molecule has 0 unspecified atom stereocenters. The molecule has 2 heteroatoms. The van der Waals surface area contributed by atoms with Crippen LogP contribution in [-0.4, -0.2) is 11.5 Å². The normalized spacial score (nSPS) is 34.5. The number of nitrogens with zero attached hydrogens (tertiary/aromatic N) is 1. The van der Waals surface area contributed by atoms with Crippen LogP contribution in [0.5, 0.6) is 0 Å². The molecule has 0 aromatic rings. The summed E-state index contributed by atoms with van der Waals surface area (Å²) in [4.78, 5) is 0. The summed E-state index contributed by atoms with van der Waals surface area (Å²) in [5, 5.41) is 9.25. The lowest BCUT2D eigenvalue weighted by atomic mass is 9.61. The lowest BCUT2D eigenvalue weighted by Gasteiger charge is -2.43. The van der Waals surface area contributed by atoms with Crippen molar-refractivity contribution in [3.8, 4) is 6.07 Å². The predicted molar refractivity (Wildman–Crippen MR) is 65.7 cm³/mol. The van der Waals surface area contributed by atoms with Crippen LogP contribution in [0.15, 0.2) is 0 Å². The number of hydrogen-bond acceptors (Lipinski definition) is 2. The summed E-state index contributed by atoms with van der Waals surface area (Å²) in [6.45, 7) is 2.24. The Hall–Kier alpha value is -0.160. The highest BCUT2D eigenvalue weighted by Gasteiger charge is 2.47. The van der Waals surface area contributed by atoms with Crippen LogP contribution >= 0.6 is 11.8 Å². The fraction of sp³-hybridized carbons (Fsp3) is 0.923. The lowest BCUT2D eigenvalue weighted by molar-refractivity contribution is 0.116. The van der Waals surface area contributed by atoms with E-state index < -0.39 is 0 Å². The Balaban J connectivity index is 1.67. The topological polar surface area (TPSA) is 23.8 Å². The molecule has 0 heterocycles. The van der Waals surface area contributed by atoms with Gasteiger partial charge >= 0.3 is 0 Å². The van der Waals surface area contributed by atoms with Crippen LogP contribution in [0.25, 0.3) is 0 Å². The van der Waals surface area contributed by atoms with Crippen molar-refractivity contribution in [2.75, 3.05) is 11.5 Å². The Kier molecular flexibility index (Phi) is 3.61. The van der Waals surface area contributed by atoms with E-state index in [1.54, 1.807) is 0 Å². The molecule has 0 N–H and O–H groups in total. The van der Waals surface area contributed by atoms with E-state index in [0.717, 1.165) is 11.8 Å². The Morgan fingerprint density at radius 1 is 1.33 bits per heavy atom. The van der Waals surface area contributed by atoms with E-state index >= 15 is 0 Å². The SMILES string of the molecule is CCCSCC1CC(C#N)(CC2CC2)C1. The highest BCUT2D eigenvalue weighted by Crippen LogP contribution is 2.54. The predicted octanol–water partition coefficient (Wildman–Crippen LogP) is 3.85. The Bertz CT molecular complexity index is 246. The molecule has 2 fully saturated rings. The zero-order chi connectivity index (χ0) is 10.7. The summed E-state index contributed by atoms with van der Waals surface area (Å²) in [6, 6.07) is 2.60. The molecule has 0 spiro atoms. The van der Waals surface area contributed by atoms with Crippen molar-refractivity contribution in [3.63, 3.8) is 0 Å². The second-order valence-electron chi connectivity index (χ2n) is 5.39. The van der Waals surface area contributed by atoms with E-state index in [0.29, 0.717) is 0 Å². The van der Waals surface area contributed by atoms with Gasteiger partial charge in [0.15, 0.2) is 0 Å². The zero-order valence-corrected chi connectivity index (χ0v) is 10.5. The van der Waals surface area contributed by atoms with Crippen molar-refractivity contribution < 1.29 is 0 Å². The highest BCUT2D eigenvalue weighted by molar-refractivity contribution is 7.99. The largest absolute Gasteiger partial charge is 0.198 e. The average Bonchev–Trinajstić information content (AvgIpc) is 2.97. The van der Waals surface area contributed by atoms with E-state index in [2.05, 4.69) is 24.8 Å². The van der Waals surface area contributed by atoms with Gasteiger partial charge in [-0.05, 0) is 49.0 Å². The van der Waals surface area contributed by atoms with E-state index in [1.165, 1.54) is 50.0 Å².